The normalized spacial score (nSPS) is 14.6. The van der Waals surface area contributed by atoms with Crippen molar-refractivity contribution >= 4 is 29.2 Å². The highest BCUT2D eigenvalue weighted by Gasteiger charge is 2.23. The summed E-state index contributed by atoms with van der Waals surface area (Å²) in [7, 11) is 3.39. The summed E-state index contributed by atoms with van der Waals surface area (Å²) >= 11 is 0. The van der Waals surface area contributed by atoms with Gasteiger partial charge in [-0.2, -0.15) is 0 Å². The highest BCUT2D eigenvalue weighted by atomic mass is 16.5. The molecule has 1 aliphatic heterocycles. The van der Waals surface area contributed by atoms with Crippen LogP contribution in [0.4, 0.5) is 5.69 Å². The third-order valence-electron chi connectivity index (χ3n) is 5.27. The van der Waals surface area contributed by atoms with Gasteiger partial charge in [0.05, 0.1) is 6.04 Å². The standard InChI is InChI=1S/C26H25N3O3/c1-29(2)26(31)23(27)16-18-9-13-20(14-10-18)32-19-11-7-17(8-12-19)15-22-21-5-3-4-6-24(21)28-25(22)30/h3-15,23H,16,27H2,1-2H3,(H,28,30)/b22-15-. The molecule has 3 aromatic carbocycles. The van der Waals surface area contributed by atoms with E-state index in [9.17, 15) is 9.59 Å². The number of fused-ring (bicyclic) bond motifs is 1. The summed E-state index contributed by atoms with van der Waals surface area (Å²) in [6, 6.07) is 22.2. The number of likely N-dealkylation sites (N-methyl/N-ethyl adjacent to an activating group) is 1. The van der Waals surface area contributed by atoms with Gasteiger partial charge >= 0.3 is 0 Å². The summed E-state index contributed by atoms with van der Waals surface area (Å²) in [5.74, 6) is 1.18. The fraction of sp³-hybridized carbons (Fsp3) is 0.154. The number of benzene rings is 3. The number of carbonyl (C=O) groups is 2. The van der Waals surface area contributed by atoms with E-state index in [0.717, 1.165) is 22.4 Å². The first-order chi connectivity index (χ1) is 15.4. The van der Waals surface area contributed by atoms with Gasteiger partial charge in [0.15, 0.2) is 0 Å². The average molecular weight is 428 g/mol. The second-order valence-electron chi connectivity index (χ2n) is 7.92. The largest absolute Gasteiger partial charge is 0.457 e. The first-order valence-electron chi connectivity index (χ1n) is 10.4. The van der Waals surface area contributed by atoms with E-state index in [4.69, 9.17) is 10.5 Å². The van der Waals surface area contributed by atoms with Crippen molar-refractivity contribution in [3.63, 3.8) is 0 Å². The van der Waals surface area contributed by atoms with Crippen molar-refractivity contribution in [1.29, 1.82) is 0 Å². The predicted molar refractivity (Wildman–Crippen MR) is 126 cm³/mol. The number of para-hydroxylation sites is 1. The maximum absolute atomic E-state index is 12.3. The number of nitrogens with one attached hydrogen (secondary N) is 1. The lowest BCUT2D eigenvalue weighted by atomic mass is 10.0. The molecule has 162 valence electrons. The Morgan fingerprint density at radius 3 is 2.28 bits per heavy atom. The summed E-state index contributed by atoms with van der Waals surface area (Å²) in [6.45, 7) is 0. The molecule has 6 nitrogen and oxygen atoms in total. The Bertz CT molecular complexity index is 1170. The number of amides is 2. The van der Waals surface area contributed by atoms with E-state index >= 15 is 0 Å². The van der Waals surface area contributed by atoms with E-state index in [1.54, 1.807) is 14.1 Å². The third kappa shape index (κ3) is 4.71. The summed E-state index contributed by atoms with van der Waals surface area (Å²) in [6.07, 6.45) is 2.34. The molecule has 0 aromatic heterocycles. The summed E-state index contributed by atoms with van der Waals surface area (Å²) < 4.78 is 5.92. The molecule has 1 aliphatic rings. The smallest absolute Gasteiger partial charge is 0.256 e. The maximum atomic E-state index is 12.3. The van der Waals surface area contributed by atoms with Crippen molar-refractivity contribution < 1.29 is 14.3 Å². The van der Waals surface area contributed by atoms with Gasteiger partial charge in [0, 0.05) is 30.9 Å². The van der Waals surface area contributed by atoms with Gasteiger partial charge in [-0.05, 0) is 54.0 Å². The van der Waals surface area contributed by atoms with Crippen LogP contribution in [0.2, 0.25) is 0 Å². The van der Waals surface area contributed by atoms with Crippen molar-refractivity contribution in [2.24, 2.45) is 5.73 Å². The number of anilines is 1. The fourth-order valence-electron chi connectivity index (χ4n) is 3.58. The molecular weight excluding hydrogens is 402 g/mol. The van der Waals surface area contributed by atoms with Crippen molar-refractivity contribution in [2.45, 2.75) is 12.5 Å². The zero-order chi connectivity index (χ0) is 22.7. The van der Waals surface area contributed by atoms with Gasteiger partial charge in [0.1, 0.15) is 11.5 Å². The molecule has 4 rings (SSSR count). The van der Waals surface area contributed by atoms with Gasteiger partial charge in [-0.25, -0.2) is 0 Å². The molecule has 0 fully saturated rings. The van der Waals surface area contributed by atoms with Crippen molar-refractivity contribution in [3.8, 4) is 11.5 Å². The Kier molecular flexibility index (Phi) is 6.05. The van der Waals surface area contributed by atoms with Gasteiger partial charge in [-0.15, -0.1) is 0 Å². The Labute approximate surface area is 187 Å². The molecule has 0 aliphatic carbocycles. The van der Waals surface area contributed by atoms with Crippen molar-refractivity contribution in [2.75, 3.05) is 19.4 Å². The minimum atomic E-state index is -0.563. The average Bonchev–Trinajstić information content (AvgIpc) is 3.10. The molecular formula is C26H25N3O3. The van der Waals surface area contributed by atoms with Crippen LogP contribution in [0.1, 0.15) is 16.7 Å². The van der Waals surface area contributed by atoms with E-state index in [-0.39, 0.29) is 11.8 Å². The van der Waals surface area contributed by atoms with Crippen LogP contribution in [0, 0.1) is 0 Å². The highest BCUT2D eigenvalue weighted by molar-refractivity contribution is 6.34. The molecule has 32 heavy (non-hydrogen) atoms. The van der Waals surface area contributed by atoms with Crippen LogP contribution < -0.4 is 15.8 Å². The minimum absolute atomic E-state index is 0.0982. The van der Waals surface area contributed by atoms with Crippen LogP contribution >= 0.6 is 0 Å². The molecule has 0 saturated carbocycles. The monoisotopic (exact) mass is 427 g/mol. The number of hydrogen-bond acceptors (Lipinski definition) is 4. The van der Waals surface area contributed by atoms with Crippen LogP contribution in [0.5, 0.6) is 11.5 Å². The van der Waals surface area contributed by atoms with Crippen LogP contribution in [0.25, 0.3) is 11.6 Å². The Hall–Kier alpha value is -3.90. The van der Waals surface area contributed by atoms with Gasteiger partial charge in [-0.3, -0.25) is 9.59 Å². The Morgan fingerprint density at radius 1 is 1.00 bits per heavy atom. The summed E-state index contributed by atoms with van der Waals surface area (Å²) in [4.78, 5) is 25.7. The molecule has 1 unspecified atom stereocenters. The van der Waals surface area contributed by atoms with Crippen LogP contribution in [0.3, 0.4) is 0 Å². The molecule has 6 heteroatoms. The SMILES string of the molecule is CN(C)C(=O)C(N)Cc1ccc(Oc2ccc(/C=C3\C(=O)Nc4ccccc43)cc2)cc1. The van der Waals surface area contributed by atoms with Crippen molar-refractivity contribution in [1.82, 2.24) is 4.90 Å². The number of carbonyl (C=O) groups excluding carboxylic acids is 2. The molecule has 3 aromatic rings. The topological polar surface area (TPSA) is 84.7 Å². The quantitative estimate of drug-likeness (QED) is 0.584. The number of hydrogen-bond donors (Lipinski definition) is 2. The van der Waals surface area contributed by atoms with E-state index < -0.39 is 6.04 Å². The highest BCUT2D eigenvalue weighted by Crippen LogP contribution is 2.33. The molecule has 2 amide bonds. The molecule has 1 heterocycles. The van der Waals surface area contributed by atoms with E-state index in [1.165, 1.54) is 4.90 Å². The van der Waals surface area contributed by atoms with E-state index in [0.29, 0.717) is 23.5 Å². The van der Waals surface area contributed by atoms with Gasteiger partial charge in [-0.1, -0.05) is 42.5 Å². The van der Waals surface area contributed by atoms with Crippen LogP contribution in [-0.4, -0.2) is 36.9 Å². The zero-order valence-electron chi connectivity index (χ0n) is 18.0. The van der Waals surface area contributed by atoms with Crippen LogP contribution in [0.15, 0.2) is 72.8 Å². The van der Waals surface area contributed by atoms with Crippen LogP contribution in [-0.2, 0) is 16.0 Å². The molecule has 0 radical (unpaired) electrons. The predicted octanol–water partition coefficient (Wildman–Crippen LogP) is 3.93. The minimum Gasteiger partial charge on any atom is -0.457 e. The Morgan fingerprint density at radius 2 is 1.62 bits per heavy atom. The lowest BCUT2D eigenvalue weighted by molar-refractivity contribution is -0.130. The molecule has 1 atom stereocenters. The second kappa shape index (κ2) is 9.08. The third-order valence-corrected chi connectivity index (χ3v) is 5.27. The first-order valence-corrected chi connectivity index (χ1v) is 10.4. The molecule has 0 saturated heterocycles. The van der Waals surface area contributed by atoms with E-state index in [2.05, 4.69) is 5.32 Å². The van der Waals surface area contributed by atoms with Gasteiger partial charge in [0.2, 0.25) is 5.91 Å². The Balaban J connectivity index is 1.41. The number of nitrogens with zero attached hydrogens (tertiary/aromatic N) is 1. The molecule has 3 N–H and O–H groups in total. The fourth-order valence-corrected chi connectivity index (χ4v) is 3.58. The lowest BCUT2D eigenvalue weighted by Crippen LogP contribution is -2.41. The molecule has 0 bridgehead atoms. The number of ether oxygens (including phenoxy) is 1. The maximum Gasteiger partial charge on any atom is 0.256 e. The van der Waals surface area contributed by atoms with Gasteiger partial charge < -0.3 is 20.7 Å². The zero-order valence-corrected chi connectivity index (χ0v) is 18.0. The molecule has 0 spiro atoms. The number of nitrogens with two attached hydrogens (primary N) is 1. The summed E-state index contributed by atoms with van der Waals surface area (Å²) in [5, 5.41) is 2.88. The summed E-state index contributed by atoms with van der Waals surface area (Å²) in [5.41, 5.74) is 10.2. The van der Waals surface area contributed by atoms with E-state index in [1.807, 2.05) is 78.9 Å². The number of rotatable bonds is 6. The van der Waals surface area contributed by atoms with Crippen molar-refractivity contribution in [3.05, 3.63) is 89.5 Å². The van der Waals surface area contributed by atoms with Gasteiger partial charge in [0.25, 0.3) is 5.91 Å². The second-order valence-corrected chi connectivity index (χ2v) is 7.92. The lowest BCUT2D eigenvalue weighted by Gasteiger charge is -2.16. The first kappa shape index (κ1) is 21.3.